The average molecular weight is 512 g/mol. The van der Waals surface area contributed by atoms with E-state index in [-0.39, 0.29) is 28.4 Å². The van der Waals surface area contributed by atoms with Gasteiger partial charge in [-0.2, -0.15) is 16.8 Å². The molecule has 1 heterocycles. The molecule has 2 aromatic rings. The van der Waals surface area contributed by atoms with Gasteiger partial charge in [-0.15, -0.1) is 0 Å². The Morgan fingerprint density at radius 1 is 1.03 bits per heavy atom. The quantitative estimate of drug-likeness (QED) is 0.174. The zero-order valence-corrected chi connectivity index (χ0v) is 19.2. The van der Waals surface area contributed by atoms with Crippen LogP contribution in [0.3, 0.4) is 0 Å². The zero-order valence-electron chi connectivity index (χ0n) is 16.8. The molecule has 0 aliphatic rings. The lowest BCUT2D eigenvalue weighted by atomic mass is 10.2. The average Bonchev–Trinajstić information content (AvgIpc) is 2.61. The minimum atomic E-state index is -3.67. The number of benzene rings is 1. The number of nitrogens with two attached hydrogens (primary N) is 3. The van der Waals surface area contributed by atoms with Gasteiger partial charge in [0.25, 0.3) is 26.1 Å². The first-order chi connectivity index (χ1) is 14.5. The number of carbonyl (C=O) groups excluding carboxylic acids is 1. The molecule has 1 amide bonds. The number of amides is 1. The summed E-state index contributed by atoms with van der Waals surface area (Å²) in [6, 6.07) is 9.44. The molecule has 1 aromatic heterocycles. The van der Waals surface area contributed by atoms with Gasteiger partial charge in [-0.1, -0.05) is 41.9 Å². The summed E-state index contributed by atoms with van der Waals surface area (Å²) in [5.74, 6) is -0.930. The van der Waals surface area contributed by atoms with Crippen LogP contribution in [0.15, 0.2) is 35.3 Å². The highest BCUT2D eigenvalue weighted by atomic mass is 35.5. The largest absolute Gasteiger partial charge is 0.382 e. The van der Waals surface area contributed by atoms with Crippen molar-refractivity contribution in [2.75, 3.05) is 24.0 Å². The van der Waals surface area contributed by atoms with Crippen LogP contribution in [-0.2, 0) is 26.8 Å². The van der Waals surface area contributed by atoms with E-state index in [9.17, 15) is 21.6 Å². The first-order valence-corrected chi connectivity index (χ1v) is 12.1. The Bertz CT molecular complexity index is 1110. The van der Waals surface area contributed by atoms with Crippen LogP contribution in [0.4, 0.5) is 11.6 Å². The molecule has 0 spiro atoms. The normalized spacial score (nSPS) is 11.3. The number of aromatic nitrogens is 2. The SMILES string of the molecule is CS(=O)(=O)O.CS(=O)(=O)O.NC(=NCc1ccccc1)NC(=O)c1nc(Cl)c(N)nc1N. The van der Waals surface area contributed by atoms with Crippen molar-refractivity contribution >= 4 is 55.3 Å². The molecule has 14 nitrogen and oxygen atoms in total. The second kappa shape index (κ2) is 12.7. The number of halogens is 1. The van der Waals surface area contributed by atoms with Crippen LogP contribution >= 0.6 is 11.6 Å². The fourth-order valence-corrected chi connectivity index (χ4v) is 1.71. The third-order valence-electron chi connectivity index (χ3n) is 2.64. The zero-order chi connectivity index (χ0) is 25.1. The summed E-state index contributed by atoms with van der Waals surface area (Å²) in [5.41, 5.74) is 17.4. The molecule has 2 rings (SSSR count). The number of guanidine groups is 1. The number of carbonyl (C=O) groups is 1. The maximum atomic E-state index is 12.0. The topological polar surface area (TPSA) is 254 Å². The minimum absolute atomic E-state index is 0.0542. The molecular formula is C15H22ClN7O7S2. The Labute approximate surface area is 189 Å². The van der Waals surface area contributed by atoms with Gasteiger partial charge in [0, 0.05) is 0 Å². The fraction of sp³-hybridized carbons (Fsp3) is 0.200. The van der Waals surface area contributed by atoms with Crippen molar-refractivity contribution in [2.45, 2.75) is 6.54 Å². The maximum absolute atomic E-state index is 12.0. The van der Waals surface area contributed by atoms with Crippen LogP contribution in [0.25, 0.3) is 0 Å². The standard InChI is InChI=1S/C13H14ClN7O.2CH4O3S/c14-9-11(16)20-10(15)8(19-9)12(22)21-13(17)18-6-7-4-2-1-3-5-7;2*1-5(2,3)4/h1-5H,6H2,(H4,15,16,20)(H3,17,18,21,22);2*1H3,(H,2,3,4). The minimum Gasteiger partial charge on any atom is -0.382 e. The summed E-state index contributed by atoms with van der Waals surface area (Å²) >= 11 is 5.71. The molecule has 0 atom stereocenters. The number of rotatable bonds is 3. The lowest BCUT2D eigenvalue weighted by Gasteiger charge is -2.07. The third-order valence-corrected chi connectivity index (χ3v) is 2.91. The predicted molar refractivity (Wildman–Crippen MR) is 120 cm³/mol. The van der Waals surface area contributed by atoms with Gasteiger partial charge < -0.3 is 17.2 Å². The third kappa shape index (κ3) is 15.7. The van der Waals surface area contributed by atoms with Crippen molar-refractivity contribution in [3.63, 3.8) is 0 Å². The highest BCUT2D eigenvalue weighted by molar-refractivity contribution is 7.85. The van der Waals surface area contributed by atoms with Crippen LogP contribution in [0.2, 0.25) is 5.15 Å². The maximum Gasteiger partial charge on any atom is 0.280 e. The summed E-state index contributed by atoms with van der Waals surface area (Å²) in [6.07, 6.45) is 1.43. The lowest BCUT2D eigenvalue weighted by Crippen LogP contribution is -2.37. The molecule has 0 saturated heterocycles. The van der Waals surface area contributed by atoms with Crippen molar-refractivity contribution in [3.8, 4) is 0 Å². The second-order valence-corrected chi connectivity index (χ2v) is 9.03. The Kier molecular flexibility index (Phi) is 11.5. The number of nitrogens with zero attached hydrogens (tertiary/aromatic N) is 3. The summed E-state index contributed by atoms with van der Waals surface area (Å²) in [5, 5.41) is 2.25. The van der Waals surface area contributed by atoms with Crippen LogP contribution in [0, 0.1) is 0 Å². The van der Waals surface area contributed by atoms with Crippen molar-refractivity contribution in [1.29, 1.82) is 0 Å². The molecular weight excluding hydrogens is 490 g/mol. The van der Waals surface area contributed by atoms with E-state index in [1.165, 1.54) is 0 Å². The van der Waals surface area contributed by atoms with Gasteiger partial charge in [0.15, 0.2) is 28.4 Å². The van der Waals surface area contributed by atoms with Crippen LogP contribution in [-0.4, -0.2) is 60.3 Å². The van der Waals surface area contributed by atoms with Gasteiger partial charge >= 0.3 is 0 Å². The smallest absolute Gasteiger partial charge is 0.280 e. The molecule has 0 unspecified atom stereocenters. The van der Waals surface area contributed by atoms with Gasteiger partial charge in [0.2, 0.25) is 0 Å². The monoisotopic (exact) mass is 511 g/mol. The molecule has 17 heteroatoms. The van der Waals surface area contributed by atoms with Crippen molar-refractivity contribution in [1.82, 2.24) is 15.3 Å². The molecule has 0 aliphatic heterocycles. The van der Waals surface area contributed by atoms with E-state index in [0.717, 1.165) is 5.56 Å². The predicted octanol–water partition coefficient (Wildman–Crippen LogP) is -0.453. The van der Waals surface area contributed by atoms with Gasteiger partial charge in [0.05, 0.1) is 19.1 Å². The van der Waals surface area contributed by atoms with E-state index < -0.39 is 26.1 Å². The van der Waals surface area contributed by atoms with E-state index >= 15 is 0 Å². The molecule has 0 bridgehead atoms. The number of aliphatic imine (C=N–C) groups is 1. The van der Waals surface area contributed by atoms with E-state index in [0.29, 0.717) is 19.1 Å². The second-order valence-electron chi connectivity index (χ2n) is 5.74. The van der Waals surface area contributed by atoms with E-state index in [2.05, 4.69) is 20.3 Å². The van der Waals surface area contributed by atoms with Crippen molar-refractivity contribution in [2.24, 2.45) is 10.7 Å². The van der Waals surface area contributed by atoms with Gasteiger partial charge in [0.1, 0.15) is 0 Å². The molecule has 178 valence electrons. The van der Waals surface area contributed by atoms with Gasteiger partial charge in [-0.25, -0.2) is 15.0 Å². The highest BCUT2D eigenvalue weighted by Gasteiger charge is 2.16. The molecule has 1 aromatic carbocycles. The molecule has 32 heavy (non-hydrogen) atoms. The lowest BCUT2D eigenvalue weighted by molar-refractivity contribution is 0.0972. The van der Waals surface area contributed by atoms with Crippen LogP contribution in [0.5, 0.6) is 0 Å². The molecule has 0 aliphatic carbocycles. The molecule has 0 radical (unpaired) electrons. The van der Waals surface area contributed by atoms with Crippen molar-refractivity contribution in [3.05, 3.63) is 46.7 Å². The van der Waals surface area contributed by atoms with Crippen LogP contribution < -0.4 is 22.5 Å². The van der Waals surface area contributed by atoms with Gasteiger partial charge in [-0.3, -0.25) is 19.2 Å². The first kappa shape index (κ1) is 28.9. The summed E-state index contributed by atoms with van der Waals surface area (Å²) in [7, 11) is -7.33. The first-order valence-electron chi connectivity index (χ1n) is 8.06. The Morgan fingerprint density at radius 3 is 1.97 bits per heavy atom. The number of anilines is 2. The summed E-state index contributed by atoms with van der Waals surface area (Å²) in [4.78, 5) is 23.5. The molecule has 9 N–H and O–H groups in total. The molecule has 0 saturated carbocycles. The summed E-state index contributed by atoms with van der Waals surface area (Å²) < 4.78 is 51.7. The van der Waals surface area contributed by atoms with Crippen molar-refractivity contribution < 1.29 is 30.7 Å². The highest BCUT2D eigenvalue weighted by Crippen LogP contribution is 2.17. The fourth-order valence-electron chi connectivity index (χ4n) is 1.58. The Hall–Kier alpha value is -3.05. The Morgan fingerprint density at radius 2 is 1.50 bits per heavy atom. The summed E-state index contributed by atoms with van der Waals surface area (Å²) in [6.45, 7) is 0.330. The number of hydrogen-bond donors (Lipinski definition) is 6. The molecule has 0 fully saturated rings. The van der Waals surface area contributed by atoms with E-state index in [1.54, 1.807) is 0 Å². The number of hydrogen-bond acceptors (Lipinski definition) is 10. The van der Waals surface area contributed by atoms with Gasteiger partial charge in [-0.05, 0) is 5.56 Å². The number of nitrogen functional groups attached to an aromatic ring is 2. The Balaban J connectivity index is 0.000000805. The number of nitrogens with one attached hydrogen (secondary N) is 1. The van der Waals surface area contributed by atoms with E-state index in [4.69, 9.17) is 37.9 Å². The van der Waals surface area contributed by atoms with E-state index in [1.807, 2.05) is 30.3 Å². The van der Waals surface area contributed by atoms with Crippen LogP contribution in [0.1, 0.15) is 16.1 Å².